The Morgan fingerprint density at radius 3 is 2.62 bits per heavy atom. The molecule has 2 heterocycles. The van der Waals surface area contributed by atoms with Gasteiger partial charge in [0.2, 0.25) is 3.83 Å². The largest absolute Gasteiger partial charge is 0.573 e. The van der Waals surface area contributed by atoms with Crippen LogP contribution in [0.1, 0.15) is 29.1 Å². The molecule has 0 aliphatic carbocycles. The van der Waals surface area contributed by atoms with Crippen molar-refractivity contribution in [2.45, 2.75) is 19.3 Å². The molecule has 0 saturated carbocycles. The molecule has 2 aromatic heterocycles. The van der Waals surface area contributed by atoms with E-state index in [1.807, 2.05) is 22.6 Å². The first-order valence-corrected chi connectivity index (χ1v) is 9.35. The summed E-state index contributed by atoms with van der Waals surface area (Å²) < 4.78 is 42.9. The molecule has 152 valence electrons. The van der Waals surface area contributed by atoms with Crippen LogP contribution in [-0.4, -0.2) is 37.0 Å². The highest BCUT2D eigenvalue weighted by Gasteiger charge is 2.31. The second-order valence-electron chi connectivity index (χ2n) is 5.62. The van der Waals surface area contributed by atoms with Crippen LogP contribution in [0.4, 0.5) is 13.2 Å². The van der Waals surface area contributed by atoms with Crippen molar-refractivity contribution in [3.8, 4) is 11.7 Å². The van der Waals surface area contributed by atoms with E-state index in [0.29, 0.717) is 9.66 Å². The molecule has 13 heteroatoms. The Kier molecular flexibility index (Phi) is 6.21. The number of carbonyl (C=O) groups is 1. The van der Waals surface area contributed by atoms with Crippen LogP contribution < -0.4 is 10.1 Å². The van der Waals surface area contributed by atoms with Crippen molar-refractivity contribution in [2.75, 3.05) is 0 Å². The number of carbonyl (C=O) groups excluding carboxylic acids is 1. The average molecular weight is 539 g/mol. The van der Waals surface area contributed by atoms with E-state index in [4.69, 9.17) is 11.6 Å². The lowest BCUT2D eigenvalue weighted by molar-refractivity contribution is -0.274. The SMILES string of the molecule is CC(NC(=O)c1cc(Cl)cc(OC(F)(F)F)c1)c1nc(I)nn1-c1ncccn1. The second-order valence-corrected chi connectivity index (χ2v) is 7.02. The summed E-state index contributed by atoms with van der Waals surface area (Å²) in [5.74, 6) is -0.686. The van der Waals surface area contributed by atoms with E-state index in [2.05, 4.69) is 30.1 Å². The van der Waals surface area contributed by atoms with Gasteiger partial charge in [-0.1, -0.05) is 11.6 Å². The fraction of sp³-hybridized carbons (Fsp3) is 0.188. The summed E-state index contributed by atoms with van der Waals surface area (Å²) in [6.07, 6.45) is -1.86. The summed E-state index contributed by atoms with van der Waals surface area (Å²) in [6.45, 7) is 1.63. The molecule has 0 aliphatic rings. The van der Waals surface area contributed by atoms with Crippen LogP contribution in [0.2, 0.25) is 5.02 Å². The van der Waals surface area contributed by atoms with Crippen LogP contribution >= 0.6 is 34.2 Å². The third kappa shape index (κ3) is 5.53. The monoisotopic (exact) mass is 538 g/mol. The molecule has 1 amide bonds. The van der Waals surface area contributed by atoms with Gasteiger partial charge in [0.05, 0.1) is 6.04 Å². The summed E-state index contributed by atoms with van der Waals surface area (Å²) in [5.41, 5.74) is -0.111. The van der Waals surface area contributed by atoms with Crippen molar-refractivity contribution >= 4 is 40.1 Å². The zero-order valence-electron chi connectivity index (χ0n) is 14.5. The zero-order chi connectivity index (χ0) is 21.2. The number of alkyl halides is 3. The topological polar surface area (TPSA) is 94.8 Å². The van der Waals surface area contributed by atoms with Crippen molar-refractivity contribution in [3.05, 3.63) is 56.9 Å². The summed E-state index contributed by atoms with van der Waals surface area (Å²) >= 11 is 7.71. The molecule has 0 saturated heterocycles. The van der Waals surface area contributed by atoms with Crippen LogP contribution in [0.5, 0.6) is 5.75 Å². The van der Waals surface area contributed by atoms with Gasteiger partial charge in [0.25, 0.3) is 11.9 Å². The van der Waals surface area contributed by atoms with Crippen LogP contribution in [-0.2, 0) is 0 Å². The number of nitrogens with one attached hydrogen (secondary N) is 1. The third-order valence-corrected chi connectivity index (χ3v) is 4.13. The fourth-order valence-electron chi connectivity index (χ4n) is 2.36. The Morgan fingerprint density at radius 2 is 1.97 bits per heavy atom. The predicted octanol–water partition coefficient (Wildman–Crippen LogP) is 3.70. The molecule has 8 nitrogen and oxygen atoms in total. The van der Waals surface area contributed by atoms with Gasteiger partial charge in [-0.25, -0.2) is 15.0 Å². The second kappa shape index (κ2) is 8.49. The van der Waals surface area contributed by atoms with Crippen molar-refractivity contribution in [2.24, 2.45) is 0 Å². The normalized spacial score (nSPS) is 12.5. The summed E-state index contributed by atoms with van der Waals surface area (Å²) in [4.78, 5) is 25.0. The first-order chi connectivity index (χ1) is 13.6. The highest BCUT2D eigenvalue weighted by Crippen LogP contribution is 2.27. The number of hydrogen-bond acceptors (Lipinski definition) is 6. The van der Waals surface area contributed by atoms with Gasteiger partial charge in [0, 0.05) is 45.6 Å². The maximum absolute atomic E-state index is 12.6. The van der Waals surface area contributed by atoms with E-state index in [-0.39, 0.29) is 16.5 Å². The Labute approximate surface area is 180 Å². The summed E-state index contributed by atoms with van der Waals surface area (Å²) in [6, 6.07) is 4.09. The van der Waals surface area contributed by atoms with E-state index >= 15 is 0 Å². The molecule has 1 atom stereocenters. The Hall–Kier alpha value is -2.48. The molecule has 0 radical (unpaired) electrons. The first-order valence-electron chi connectivity index (χ1n) is 7.89. The number of ether oxygens (including phenoxy) is 1. The maximum Gasteiger partial charge on any atom is 0.573 e. The number of hydrogen-bond donors (Lipinski definition) is 1. The van der Waals surface area contributed by atoms with Gasteiger partial charge in [-0.2, -0.15) is 4.68 Å². The average Bonchev–Trinajstić information content (AvgIpc) is 3.02. The van der Waals surface area contributed by atoms with E-state index in [1.165, 1.54) is 23.1 Å². The minimum Gasteiger partial charge on any atom is -0.406 e. The number of rotatable bonds is 5. The molecule has 0 spiro atoms. The molecule has 0 fully saturated rings. The van der Waals surface area contributed by atoms with Gasteiger partial charge >= 0.3 is 6.36 Å². The number of amides is 1. The van der Waals surface area contributed by atoms with Gasteiger partial charge in [-0.3, -0.25) is 4.79 Å². The molecule has 3 rings (SSSR count). The standard InChI is InChI=1S/C16H11ClF3IN6O2/c1-8(12-25-14(21)26-27(12)15-22-3-2-4-23-15)24-13(28)9-5-10(17)7-11(6-9)29-16(18,19)20/h2-8H,1H3,(H,24,28). The Morgan fingerprint density at radius 1 is 1.28 bits per heavy atom. The van der Waals surface area contributed by atoms with Gasteiger partial charge < -0.3 is 10.1 Å². The third-order valence-electron chi connectivity index (χ3n) is 3.45. The van der Waals surface area contributed by atoms with Crippen LogP contribution in [0.3, 0.4) is 0 Å². The number of halogens is 5. The van der Waals surface area contributed by atoms with E-state index in [0.717, 1.165) is 12.1 Å². The van der Waals surface area contributed by atoms with Gasteiger partial charge in [0.15, 0.2) is 5.82 Å². The lowest BCUT2D eigenvalue weighted by atomic mass is 10.2. The Bertz CT molecular complexity index is 1030. The Balaban J connectivity index is 1.84. The van der Waals surface area contributed by atoms with Gasteiger partial charge in [-0.05, 0) is 31.2 Å². The molecule has 0 bridgehead atoms. The van der Waals surface area contributed by atoms with Crippen LogP contribution in [0.15, 0.2) is 36.7 Å². The number of nitrogens with zero attached hydrogens (tertiary/aromatic N) is 5. The van der Waals surface area contributed by atoms with E-state index in [1.54, 1.807) is 13.0 Å². The van der Waals surface area contributed by atoms with Crippen LogP contribution in [0.25, 0.3) is 5.95 Å². The molecule has 29 heavy (non-hydrogen) atoms. The van der Waals surface area contributed by atoms with Crippen molar-refractivity contribution < 1.29 is 22.7 Å². The number of benzene rings is 1. The number of aromatic nitrogens is 5. The van der Waals surface area contributed by atoms with Crippen LogP contribution in [0, 0.1) is 3.83 Å². The van der Waals surface area contributed by atoms with Gasteiger partial charge in [0.1, 0.15) is 5.75 Å². The minimum atomic E-state index is -4.91. The van der Waals surface area contributed by atoms with Crippen molar-refractivity contribution in [1.29, 1.82) is 0 Å². The minimum absolute atomic E-state index is 0.0834. The smallest absolute Gasteiger partial charge is 0.406 e. The molecule has 1 aromatic carbocycles. The quantitative estimate of drug-likeness (QED) is 0.498. The highest BCUT2D eigenvalue weighted by atomic mass is 127. The zero-order valence-corrected chi connectivity index (χ0v) is 17.4. The van der Waals surface area contributed by atoms with E-state index in [9.17, 15) is 18.0 Å². The maximum atomic E-state index is 12.6. The molecule has 1 unspecified atom stereocenters. The molecular weight excluding hydrogens is 528 g/mol. The summed E-state index contributed by atoms with van der Waals surface area (Å²) in [7, 11) is 0. The van der Waals surface area contributed by atoms with E-state index < -0.39 is 24.1 Å². The molecule has 3 aromatic rings. The predicted molar refractivity (Wildman–Crippen MR) is 104 cm³/mol. The lowest BCUT2D eigenvalue weighted by Crippen LogP contribution is -2.29. The van der Waals surface area contributed by atoms with Crippen molar-refractivity contribution in [3.63, 3.8) is 0 Å². The lowest BCUT2D eigenvalue weighted by Gasteiger charge is -2.15. The summed E-state index contributed by atoms with van der Waals surface area (Å²) in [5, 5.41) is 6.75. The fourth-order valence-corrected chi connectivity index (χ4v) is 3.04. The van der Waals surface area contributed by atoms with Gasteiger partial charge in [-0.15, -0.1) is 18.3 Å². The highest BCUT2D eigenvalue weighted by molar-refractivity contribution is 14.1. The van der Waals surface area contributed by atoms with Crippen molar-refractivity contribution in [1.82, 2.24) is 30.0 Å². The molecule has 0 aliphatic heterocycles. The first kappa shape index (κ1) is 21.2. The molecule has 1 N–H and O–H groups in total. The molecular formula is C16H11ClF3IN6O2.